The Bertz CT molecular complexity index is 2250. The molecule has 0 aliphatic carbocycles. The van der Waals surface area contributed by atoms with E-state index in [9.17, 15) is 0 Å². The maximum atomic E-state index is 3.88. The zero-order valence-electron chi connectivity index (χ0n) is 21.6. The van der Waals surface area contributed by atoms with Crippen molar-refractivity contribution in [1.29, 1.82) is 0 Å². The van der Waals surface area contributed by atoms with Crippen molar-refractivity contribution in [3.63, 3.8) is 0 Å². The largest absolute Gasteiger partial charge is 0.353 e. The molecule has 1 unspecified atom stereocenters. The summed E-state index contributed by atoms with van der Waals surface area (Å²) in [4.78, 5) is 2.43. The van der Waals surface area contributed by atoms with Gasteiger partial charge in [-0.3, -0.25) is 5.32 Å². The smallest absolute Gasteiger partial charge is 0.106 e. The maximum Gasteiger partial charge on any atom is 0.106 e. The summed E-state index contributed by atoms with van der Waals surface area (Å²) in [6.07, 6.45) is 0.0754. The number of hydrogen-bond acceptors (Lipinski definition) is 2. The normalized spacial score (nSPS) is 15.8. The number of rotatable bonds is 1. The van der Waals surface area contributed by atoms with Gasteiger partial charge in [0.05, 0.1) is 39.0 Å². The summed E-state index contributed by atoms with van der Waals surface area (Å²) in [6.45, 7) is 0.762. The molecule has 0 amide bonds. The summed E-state index contributed by atoms with van der Waals surface area (Å²) in [6, 6.07) is 42.1. The zero-order chi connectivity index (χ0) is 25.7. The van der Waals surface area contributed by atoms with E-state index in [1.165, 1.54) is 71.5 Å². The molecule has 186 valence electrons. The van der Waals surface area contributed by atoms with Gasteiger partial charge in [-0.1, -0.05) is 97.1 Å². The minimum absolute atomic E-state index is 0.0754. The molecular formula is C35H26N4. The Hall–Kier alpha value is -4.80. The van der Waals surface area contributed by atoms with Crippen LogP contribution in [0.25, 0.3) is 54.5 Å². The molecule has 0 radical (unpaired) electrons. The molecule has 1 atom stereocenters. The Balaban J connectivity index is 1.60. The van der Waals surface area contributed by atoms with Gasteiger partial charge in [-0.05, 0) is 23.8 Å². The molecule has 4 nitrogen and oxygen atoms in total. The van der Waals surface area contributed by atoms with Gasteiger partial charge < -0.3 is 13.7 Å². The lowest BCUT2D eigenvalue weighted by molar-refractivity contribution is 0.493. The van der Waals surface area contributed by atoms with Crippen LogP contribution in [-0.2, 0) is 6.54 Å². The molecule has 4 heterocycles. The second kappa shape index (κ2) is 7.62. The van der Waals surface area contributed by atoms with Crippen LogP contribution in [0.4, 0.5) is 5.69 Å². The van der Waals surface area contributed by atoms with Crippen molar-refractivity contribution in [3.8, 4) is 0 Å². The maximum absolute atomic E-state index is 3.88. The molecule has 8 aromatic rings. The third-order valence-electron chi connectivity index (χ3n) is 8.73. The number of aromatic nitrogens is 2. The van der Waals surface area contributed by atoms with Crippen LogP contribution in [0.1, 0.15) is 17.4 Å². The first-order valence-corrected chi connectivity index (χ1v) is 13.6. The highest BCUT2D eigenvalue weighted by atomic mass is 15.3. The number of para-hydroxylation sites is 3. The fourth-order valence-electron chi connectivity index (χ4n) is 7.15. The van der Waals surface area contributed by atoms with Crippen molar-refractivity contribution in [3.05, 3.63) is 127 Å². The van der Waals surface area contributed by atoms with Crippen LogP contribution in [0.5, 0.6) is 0 Å². The predicted octanol–water partition coefficient (Wildman–Crippen LogP) is 8.04. The summed E-state index contributed by atoms with van der Waals surface area (Å²) in [7, 11) is 2.23. The second-order valence-electron chi connectivity index (χ2n) is 10.7. The van der Waals surface area contributed by atoms with Gasteiger partial charge in [0.25, 0.3) is 0 Å². The molecule has 1 aliphatic rings. The lowest BCUT2D eigenvalue weighted by atomic mass is 10.0. The standard InChI is InChI=1S/C35H26N4/c1-37-32-27-15-7-10-18-30(27)38-28-16-8-5-13-23(28)25-19-20-26-24-14-6-9-17-29(24)39(34(26)33(25)38)31(32)21-36-35(37)22-11-3-2-4-12-22/h2-20,35-36H,21H2,1H3. The van der Waals surface area contributed by atoms with Crippen molar-refractivity contribution >= 4 is 60.2 Å². The van der Waals surface area contributed by atoms with Crippen molar-refractivity contribution in [2.75, 3.05) is 11.9 Å². The first kappa shape index (κ1) is 21.2. The number of nitrogens with one attached hydrogen (secondary N) is 1. The minimum Gasteiger partial charge on any atom is -0.353 e. The molecule has 0 bridgehead atoms. The highest BCUT2D eigenvalue weighted by molar-refractivity contribution is 6.24. The molecular weight excluding hydrogens is 476 g/mol. The van der Waals surface area contributed by atoms with Crippen LogP contribution in [0.15, 0.2) is 115 Å². The van der Waals surface area contributed by atoms with E-state index < -0.39 is 0 Å². The summed E-state index contributed by atoms with van der Waals surface area (Å²) in [5, 5.41) is 10.3. The molecule has 1 aliphatic heterocycles. The van der Waals surface area contributed by atoms with Gasteiger partial charge in [0, 0.05) is 40.5 Å². The summed E-state index contributed by atoms with van der Waals surface area (Å²) in [5.74, 6) is 0. The second-order valence-corrected chi connectivity index (χ2v) is 10.7. The quantitative estimate of drug-likeness (QED) is 0.246. The van der Waals surface area contributed by atoms with Gasteiger partial charge in [-0.15, -0.1) is 0 Å². The van der Waals surface area contributed by atoms with Crippen LogP contribution in [-0.4, -0.2) is 15.8 Å². The van der Waals surface area contributed by atoms with E-state index in [4.69, 9.17) is 0 Å². The number of benzene rings is 5. The Morgan fingerprint density at radius 2 is 1.05 bits per heavy atom. The fourth-order valence-corrected chi connectivity index (χ4v) is 7.15. The molecule has 0 saturated carbocycles. The Morgan fingerprint density at radius 1 is 0.538 bits per heavy atom. The van der Waals surface area contributed by atoms with Gasteiger partial charge in [0.15, 0.2) is 0 Å². The number of fused-ring (bicyclic) bond motifs is 11. The van der Waals surface area contributed by atoms with E-state index in [2.05, 4.69) is 141 Å². The van der Waals surface area contributed by atoms with Gasteiger partial charge in [-0.2, -0.15) is 0 Å². The van der Waals surface area contributed by atoms with Crippen LogP contribution < -0.4 is 10.2 Å². The van der Waals surface area contributed by atoms with Crippen LogP contribution in [0, 0.1) is 0 Å². The summed E-state index contributed by atoms with van der Waals surface area (Å²) < 4.78 is 5.05. The van der Waals surface area contributed by atoms with Gasteiger partial charge >= 0.3 is 0 Å². The molecule has 0 spiro atoms. The highest BCUT2D eigenvalue weighted by Gasteiger charge is 2.29. The van der Waals surface area contributed by atoms with Crippen molar-refractivity contribution in [2.24, 2.45) is 0 Å². The number of nitrogens with zero attached hydrogens (tertiary/aromatic N) is 3. The monoisotopic (exact) mass is 502 g/mol. The molecule has 3 aromatic heterocycles. The fraction of sp³-hybridized carbons (Fsp3) is 0.0857. The minimum atomic E-state index is 0.0754. The van der Waals surface area contributed by atoms with Gasteiger partial charge in [0.1, 0.15) is 6.17 Å². The summed E-state index contributed by atoms with van der Waals surface area (Å²) >= 11 is 0. The molecule has 4 heteroatoms. The highest BCUT2D eigenvalue weighted by Crippen LogP contribution is 2.44. The van der Waals surface area contributed by atoms with Gasteiger partial charge in [-0.25, -0.2) is 0 Å². The Kier molecular flexibility index (Phi) is 4.14. The van der Waals surface area contributed by atoms with E-state index in [0.717, 1.165) is 6.54 Å². The lowest BCUT2D eigenvalue weighted by Crippen LogP contribution is -2.41. The topological polar surface area (TPSA) is 24.1 Å². The Morgan fingerprint density at radius 3 is 1.72 bits per heavy atom. The first-order chi connectivity index (χ1) is 19.3. The van der Waals surface area contributed by atoms with E-state index in [-0.39, 0.29) is 6.17 Å². The van der Waals surface area contributed by atoms with Crippen molar-refractivity contribution < 1.29 is 0 Å². The molecule has 0 fully saturated rings. The van der Waals surface area contributed by atoms with E-state index in [1.54, 1.807) is 0 Å². The van der Waals surface area contributed by atoms with E-state index in [1.807, 2.05) is 0 Å². The lowest BCUT2D eigenvalue weighted by Gasteiger charge is -2.38. The average molecular weight is 503 g/mol. The predicted molar refractivity (Wildman–Crippen MR) is 163 cm³/mol. The third-order valence-corrected chi connectivity index (χ3v) is 8.73. The van der Waals surface area contributed by atoms with Crippen molar-refractivity contribution in [2.45, 2.75) is 12.7 Å². The van der Waals surface area contributed by atoms with Gasteiger partial charge in [0.2, 0.25) is 0 Å². The zero-order valence-corrected chi connectivity index (χ0v) is 21.6. The van der Waals surface area contributed by atoms with Crippen LogP contribution in [0.3, 0.4) is 0 Å². The molecule has 1 N–H and O–H groups in total. The molecule has 0 saturated heterocycles. The first-order valence-electron chi connectivity index (χ1n) is 13.6. The van der Waals surface area contributed by atoms with Crippen LogP contribution >= 0.6 is 0 Å². The van der Waals surface area contributed by atoms with Crippen LogP contribution in [0.2, 0.25) is 0 Å². The Labute approximate surface area is 225 Å². The summed E-state index contributed by atoms with van der Waals surface area (Å²) in [5.41, 5.74) is 10.1. The third kappa shape index (κ3) is 2.66. The van der Waals surface area contributed by atoms with Crippen molar-refractivity contribution in [1.82, 2.24) is 14.1 Å². The SMILES string of the molecule is CN1c2c(n3c4ccccc4c4ccc5c6ccccc6n(c6ccccc26)c5c43)CNC1c1ccccc1. The molecule has 39 heavy (non-hydrogen) atoms. The van der Waals surface area contributed by atoms with E-state index >= 15 is 0 Å². The molecule has 9 rings (SSSR count). The average Bonchev–Trinajstić information content (AvgIpc) is 3.50. The number of anilines is 1. The van der Waals surface area contributed by atoms with E-state index in [0.29, 0.717) is 0 Å². The molecule has 5 aromatic carbocycles. The number of hydrogen-bond donors (Lipinski definition) is 1.